The van der Waals surface area contributed by atoms with Crippen molar-refractivity contribution >= 4 is 5.97 Å². The second-order valence-electron chi connectivity index (χ2n) is 4.39. The van der Waals surface area contributed by atoms with Gasteiger partial charge in [0.1, 0.15) is 0 Å². The summed E-state index contributed by atoms with van der Waals surface area (Å²) < 4.78 is 0. The topological polar surface area (TPSA) is 49.3 Å². The minimum absolute atomic E-state index is 0.269. The summed E-state index contributed by atoms with van der Waals surface area (Å²) in [5, 5.41) is 11.8. The molecule has 2 N–H and O–H groups in total. The molecule has 1 heterocycles. The molecule has 15 heavy (non-hydrogen) atoms. The number of carboxylic acid groups (broad SMARTS) is 1. The summed E-state index contributed by atoms with van der Waals surface area (Å²) in [4.78, 5) is 10.3. The van der Waals surface area contributed by atoms with Crippen LogP contribution in [0.15, 0.2) is 12.2 Å². The molecule has 0 atom stereocenters. The highest BCUT2D eigenvalue weighted by atomic mass is 16.4. The summed E-state index contributed by atoms with van der Waals surface area (Å²) >= 11 is 0. The number of hydrogen-bond donors (Lipinski definition) is 2. The summed E-state index contributed by atoms with van der Waals surface area (Å²) in [6.45, 7) is 6.27. The van der Waals surface area contributed by atoms with E-state index in [0.29, 0.717) is 0 Å². The minimum Gasteiger partial charge on any atom is -0.481 e. The predicted octanol–water partition coefficient (Wildman–Crippen LogP) is 2.19. The molecule has 3 heteroatoms. The molecular weight excluding hydrogens is 190 g/mol. The van der Waals surface area contributed by atoms with Crippen LogP contribution in [-0.4, -0.2) is 24.2 Å². The fourth-order valence-corrected chi connectivity index (χ4v) is 2.09. The van der Waals surface area contributed by atoms with Gasteiger partial charge in [-0.25, -0.2) is 0 Å². The van der Waals surface area contributed by atoms with E-state index in [9.17, 15) is 4.79 Å². The highest BCUT2D eigenvalue weighted by molar-refractivity contribution is 5.66. The molecule has 1 saturated heterocycles. The first-order chi connectivity index (χ1) is 7.18. The highest BCUT2D eigenvalue weighted by Crippen LogP contribution is 2.22. The summed E-state index contributed by atoms with van der Waals surface area (Å²) in [5.41, 5.74) is 1.23. The normalized spacial score (nSPS) is 17.6. The number of rotatable bonds is 6. The average Bonchev–Trinajstić information content (AvgIpc) is 2.18. The van der Waals surface area contributed by atoms with Crippen LogP contribution < -0.4 is 5.32 Å². The van der Waals surface area contributed by atoms with Gasteiger partial charge in [-0.2, -0.15) is 0 Å². The highest BCUT2D eigenvalue weighted by Gasteiger charge is 2.13. The van der Waals surface area contributed by atoms with Crippen molar-refractivity contribution in [1.82, 2.24) is 5.32 Å². The van der Waals surface area contributed by atoms with Gasteiger partial charge in [-0.05, 0) is 51.1 Å². The Labute approximate surface area is 91.6 Å². The van der Waals surface area contributed by atoms with Gasteiger partial charge < -0.3 is 10.4 Å². The third-order valence-corrected chi connectivity index (χ3v) is 2.96. The van der Waals surface area contributed by atoms with Crippen molar-refractivity contribution in [2.24, 2.45) is 5.92 Å². The van der Waals surface area contributed by atoms with Gasteiger partial charge in [0.15, 0.2) is 0 Å². The molecule has 0 saturated carbocycles. The molecule has 0 amide bonds. The molecule has 0 aromatic heterocycles. The first kappa shape index (κ1) is 12.2. The molecule has 0 aliphatic carbocycles. The molecule has 0 spiro atoms. The van der Waals surface area contributed by atoms with E-state index in [-0.39, 0.29) is 6.42 Å². The Bertz CT molecular complexity index is 220. The van der Waals surface area contributed by atoms with Crippen molar-refractivity contribution in [1.29, 1.82) is 0 Å². The fourth-order valence-electron chi connectivity index (χ4n) is 2.09. The summed E-state index contributed by atoms with van der Waals surface area (Å²) in [6.07, 6.45) is 5.43. The van der Waals surface area contributed by atoms with E-state index in [2.05, 4.69) is 11.9 Å². The van der Waals surface area contributed by atoms with E-state index in [1.165, 1.54) is 18.4 Å². The average molecular weight is 211 g/mol. The lowest BCUT2D eigenvalue weighted by molar-refractivity contribution is -0.137. The summed E-state index contributed by atoms with van der Waals surface area (Å²) in [6, 6.07) is 0. The van der Waals surface area contributed by atoms with Crippen molar-refractivity contribution in [3.63, 3.8) is 0 Å². The van der Waals surface area contributed by atoms with Gasteiger partial charge in [0, 0.05) is 6.42 Å². The Kier molecular flexibility index (Phi) is 5.40. The summed E-state index contributed by atoms with van der Waals surface area (Å²) in [7, 11) is 0. The number of carboxylic acids is 1. The first-order valence-electron chi connectivity index (χ1n) is 5.77. The molecule has 0 aromatic carbocycles. The number of allylic oxidation sites excluding steroid dienone is 1. The smallest absolute Gasteiger partial charge is 0.303 e. The van der Waals surface area contributed by atoms with Crippen molar-refractivity contribution in [3.05, 3.63) is 12.2 Å². The van der Waals surface area contributed by atoms with Gasteiger partial charge in [-0.15, -0.1) is 0 Å². The molecule has 3 nitrogen and oxygen atoms in total. The lowest BCUT2D eigenvalue weighted by Gasteiger charge is -2.23. The largest absolute Gasteiger partial charge is 0.481 e. The van der Waals surface area contributed by atoms with Crippen LogP contribution in [0.1, 0.15) is 38.5 Å². The second-order valence-corrected chi connectivity index (χ2v) is 4.39. The Morgan fingerprint density at radius 1 is 1.33 bits per heavy atom. The van der Waals surface area contributed by atoms with Crippen LogP contribution in [-0.2, 0) is 4.79 Å². The Balaban J connectivity index is 2.09. The van der Waals surface area contributed by atoms with E-state index in [1.807, 2.05) is 0 Å². The molecule has 1 aliphatic rings. The molecule has 1 aliphatic heterocycles. The van der Waals surface area contributed by atoms with Crippen LogP contribution in [0, 0.1) is 5.92 Å². The van der Waals surface area contributed by atoms with Crippen LogP contribution in [0.3, 0.4) is 0 Å². The van der Waals surface area contributed by atoms with Gasteiger partial charge >= 0.3 is 5.97 Å². The summed E-state index contributed by atoms with van der Waals surface area (Å²) in [5.74, 6) is 0.0632. The number of carbonyl (C=O) groups is 1. The van der Waals surface area contributed by atoms with Gasteiger partial charge in [0.25, 0.3) is 0 Å². The van der Waals surface area contributed by atoms with Crippen LogP contribution >= 0.6 is 0 Å². The van der Waals surface area contributed by atoms with Crippen molar-refractivity contribution in [2.45, 2.75) is 38.5 Å². The molecule has 0 bridgehead atoms. The lowest BCUT2D eigenvalue weighted by atomic mass is 9.90. The standard InChI is InChI=1S/C12H21NO2/c1-10(3-2-4-12(14)15)9-11-5-7-13-8-6-11/h11,13H,1-9H2,(H,14,15). The SMILES string of the molecule is C=C(CCCC(=O)O)CC1CCNCC1. The van der Waals surface area contributed by atoms with Gasteiger partial charge in [0.05, 0.1) is 0 Å². The van der Waals surface area contributed by atoms with E-state index in [1.54, 1.807) is 0 Å². The minimum atomic E-state index is -0.704. The van der Waals surface area contributed by atoms with E-state index in [4.69, 9.17) is 5.11 Å². The quantitative estimate of drug-likeness (QED) is 0.662. The maximum absolute atomic E-state index is 10.3. The Morgan fingerprint density at radius 3 is 2.60 bits per heavy atom. The van der Waals surface area contributed by atoms with Gasteiger partial charge in [-0.3, -0.25) is 4.79 Å². The maximum atomic E-state index is 10.3. The lowest BCUT2D eigenvalue weighted by Crippen LogP contribution is -2.27. The second kappa shape index (κ2) is 6.62. The van der Waals surface area contributed by atoms with Crippen LogP contribution in [0.2, 0.25) is 0 Å². The van der Waals surface area contributed by atoms with Crippen molar-refractivity contribution < 1.29 is 9.90 Å². The predicted molar refractivity (Wildman–Crippen MR) is 60.8 cm³/mol. The molecule has 0 unspecified atom stereocenters. The van der Waals surface area contributed by atoms with Crippen molar-refractivity contribution in [2.75, 3.05) is 13.1 Å². The monoisotopic (exact) mass is 211 g/mol. The third kappa shape index (κ3) is 5.57. The first-order valence-corrected chi connectivity index (χ1v) is 5.77. The fraction of sp³-hybridized carbons (Fsp3) is 0.750. The number of piperidine rings is 1. The molecule has 0 radical (unpaired) electrons. The van der Waals surface area contributed by atoms with Crippen LogP contribution in [0.5, 0.6) is 0 Å². The number of hydrogen-bond acceptors (Lipinski definition) is 2. The molecule has 86 valence electrons. The molecule has 1 rings (SSSR count). The maximum Gasteiger partial charge on any atom is 0.303 e. The zero-order valence-electron chi connectivity index (χ0n) is 9.30. The van der Waals surface area contributed by atoms with Gasteiger partial charge in [-0.1, -0.05) is 12.2 Å². The van der Waals surface area contributed by atoms with Crippen LogP contribution in [0.4, 0.5) is 0 Å². The van der Waals surface area contributed by atoms with Crippen LogP contribution in [0.25, 0.3) is 0 Å². The Hall–Kier alpha value is -0.830. The molecule has 1 fully saturated rings. The van der Waals surface area contributed by atoms with E-state index >= 15 is 0 Å². The zero-order valence-corrected chi connectivity index (χ0v) is 9.30. The number of aliphatic carboxylic acids is 1. The van der Waals surface area contributed by atoms with E-state index in [0.717, 1.165) is 38.3 Å². The van der Waals surface area contributed by atoms with Crippen molar-refractivity contribution in [3.8, 4) is 0 Å². The third-order valence-electron chi connectivity index (χ3n) is 2.96. The number of nitrogens with one attached hydrogen (secondary N) is 1. The molecule has 0 aromatic rings. The van der Waals surface area contributed by atoms with Gasteiger partial charge in [0.2, 0.25) is 0 Å². The molecular formula is C12H21NO2. The Morgan fingerprint density at radius 2 is 2.00 bits per heavy atom. The van der Waals surface area contributed by atoms with E-state index < -0.39 is 5.97 Å². The zero-order chi connectivity index (χ0) is 11.1.